The number of hydrogen-bond acceptors (Lipinski definition) is 4. The molecule has 1 aliphatic heterocycles. The summed E-state index contributed by atoms with van der Waals surface area (Å²) < 4.78 is 5.31. The van der Waals surface area contributed by atoms with Crippen molar-refractivity contribution in [2.45, 2.75) is 25.7 Å². The van der Waals surface area contributed by atoms with Gasteiger partial charge in [0.2, 0.25) is 5.91 Å². The minimum Gasteiger partial charge on any atom is -0.379 e. The van der Waals surface area contributed by atoms with Crippen molar-refractivity contribution in [3.05, 3.63) is 0 Å². The molecule has 0 aromatic rings. The van der Waals surface area contributed by atoms with Crippen LogP contribution in [-0.4, -0.2) is 67.0 Å². The predicted molar refractivity (Wildman–Crippen MR) is 81.7 cm³/mol. The van der Waals surface area contributed by atoms with Crippen LogP contribution in [0, 0.1) is 11.3 Å². The van der Waals surface area contributed by atoms with E-state index >= 15 is 0 Å². The van der Waals surface area contributed by atoms with E-state index < -0.39 is 0 Å². The summed E-state index contributed by atoms with van der Waals surface area (Å²) in [7, 11) is 0. The molecule has 0 unspecified atom stereocenters. The van der Waals surface area contributed by atoms with Crippen molar-refractivity contribution in [2.24, 2.45) is 0 Å². The molecule has 1 heterocycles. The van der Waals surface area contributed by atoms with Crippen molar-refractivity contribution < 1.29 is 9.53 Å². The SMILES string of the molecule is N#CCCN(CCN1CCOCC1)C(=O)CCCCBr. The van der Waals surface area contributed by atoms with Gasteiger partial charge < -0.3 is 9.64 Å². The van der Waals surface area contributed by atoms with E-state index in [-0.39, 0.29) is 5.91 Å². The largest absolute Gasteiger partial charge is 0.379 e. The molecule has 1 rings (SSSR count). The van der Waals surface area contributed by atoms with Crippen LogP contribution in [0.2, 0.25) is 0 Å². The van der Waals surface area contributed by atoms with Gasteiger partial charge in [-0.05, 0) is 12.8 Å². The van der Waals surface area contributed by atoms with Crippen LogP contribution in [-0.2, 0) is 9.53 Å². The summed E-state index contributed by atoms with van der Waals surface area (Å²) >= 11 is 3.37. The summed E-state index contributed by atoms with van der Waals surface area (Å²) in [5.41, 5.74) is 0. The number of alkyl halides is 1. The van der Waals surface area contributed by atoms with E-state index in [2.05, 4.69) is 26.9 Å². The van der Waals surface area contributed by atoms with Gasteiger partial charge in [-0.25, -0.2) is 0 Å². The lowest BCUT2D eigenvalue weighted by atomic mass is 10.2. The van der Waals surface area contributed by atoms with E-state index in [0.29, 0.717) is 19.4 Å². The van der Waals surface area contributed by atoms with Gasteiger partial charge in [0.15, 0.2) is 0 Å². The van der Waals surface area contributed by atoms with Crippen molar-refractivity contribution >= 4 is 21.8 Å². The number of hydrogen-bond donors (Lipinski definition) is 0. The maximum Gasteiger partial charge on any atom is 0.222 e. The molecular formula is C14H24BrN3O2. The van der Waals surface area contributed by atoms with Gasteiger partial charge in [0.1, 0.15) is 0 Å². The number of nitrogens with zero attached hydrogens (tertiary/aromatic N) is 3. The first-order valence-corrected chi connectivity index (χ1v) is 8.41. The Balaban J connectivity index is 2.33. The average Bonchev–Trinajstić information content (AvgIpc) is 2.48. The summed E-state index contributed by atoms with van der Waals surface area (Å²) in [6, 6.07) is 2.12. The highest BCUT2D eigenvalue weighted by atomic mass is 79.9. The van der Waals surface area contributed by atoms with Crippen molar-refractivity contribution in [3.8, 4) is 6.07 Å². The Bertz CT molecular complexity index is 314. The second kappa shape index (κ2) is 11.1. The lowest BCUT2D eigenvalue weighted by Crippen LogP contribution is -2.43. The average molecular weight is 346 g/mol. The number of carbonyl (C=O) groups is 1. The number of amides is 1. The van der Waals surface area contributed by atoms with Crippen LogP contribution >= 0.6 is 15.9 Å². The molecule has 20 heavy (non-hydrogen) atoms. The molecule has 0 aromatic carbocycles. The zero-order valence-corrected chi connectivity index (χ0v) is 13.6. The summed E-state index contributed by atoms with van der Waals surface area (Å²) in [5, 5.41) is 9.64. The molecule has 6 heteroatoms. The molecular weight excluding hydrogens is 322 g/mol. The molecule has 0 saturated carbocycles. The smallest absolute Gasteiger partial charge is 0.222 e. The second-order valence-electron chi connectivity index (χ2n) is 4.89. The highest BCUT2D eigenvalue weighted by Crippen LogP contribution is 2.05. The van der Waals surface area contributed by atoms with Crippen molar-refractivity contribution in [1.82, 2.24) is 9.80 Å². The molecule has 1 saturated heterocycles. The third kappa shape index (κ3) is 7.22. The van der Waals surface area contributed by atoms with Gasteiger partial charge in [-0.1, -0.05) is 15.9 Å². The fourth-order valence-corrected chi connectivity index (χ4v) is 2.56. The van der Waals surface area contributed by atoms with E-state index in [4.69, 9.17) is 10.00 Å². The molecule has 0 N–H and O–H groups in total. The molecule has 0 spiro atoms. The van der Waals surface area contributed by atoms with Gasteiger partial charge >= 0.3 is 0 Å². The first kappa shape index (κ1) is 17.4. The number of morpholine rings is 1. The molecule has 1 aliphatic rings. The summed E-state index contributed by atoms with van der Waals surface area (Å²) in [6.07, 6.45) is 2.92. The first-order chi connectivity index (χ1) is 9.77. The van der Waals surface area contributed by atoms with Gasteiger partial charge in [0, 0.05) is 44.5 Å². The third-order valence-corrected chi connectivity index (χ3v) is 3.97. The zero-order chi connectivity index (χ0) is 14.6. The van der Waals surface area contributed by atoms with Crippen molar-refractivity contribution in [2.75, 3.05) is 51.3 Å². The maximum atomic E-state index is 12.2. The molecule has 0 radical (unpaired) electrons. The Hall–Kier alpha value is -0.640. The molecule has 0 aromatic heterocycles. The zero-order valence-electron chi connectivity index (χ0n) is 12.0. The molecule has 0 atom stereocenters. The van der Waals surface area contributed by atoms with Gasteiger partial charge in [0.25, 0.3) is 0 Å². The second-order valence-corrected chi connectivity index (χ2v) is 5.68. The van der Waals surface area contributed by atoms with E-state index in [1.54, 1.807) is 0 Å². The van der Waals surface area contributed by atoms with E-state index in [1.165, 1.54) is 0 Å². The molecule has 0 aliphatic carbocycles. The van der Waals surface area contributed by atoms with Crippen LogP contribution in [0.5, 0.6) is 0 Å². The van der Waals surface area contributed by atoms with Gasteiger partial charge in [-0.15, -0.1) is 0 Å². The molecule has 1 fully saturated rings. The number of nitriles is 1. The Morgan fingerprint density at radius 3 is 2.70 bits per heavy atom. The first-order valence-electron chi connectivity index (χ1n) is 7.28. The minimum absolute atomic E-state index is 0.175. The predicted octanol–water partition coefficient (Wildman–Crippen LogP) is 1.63. The monoisotopic (exact) mass is 345 g/mol. The van der Waals surface area contributed by atoms with Gasteiger partial charge in [0.05, 0.1) is 25.7 Å². The number of halogens is 1. The standard InChI is InChI=1S/C14H24BrN3O2/c15-5-2-1-4-14(19)18(7-3-6-16)9-8-17-10-12-20-13-11-17/h1-5,7-13H2. The van der Waals surface area contributed by atoms with Gasteiger partial charge in [-0.3, -0.25) is 9.69 Å². The number of rotatable bonds is 9. The van der Waals surface area contributed by atoms with Crippen LogP contribution in [0.4, 0.5) is 0 Å². The lowest BCUT2D eigenvalue weighted by molar-refractivity contribution is -0.131. The highest BCUT2D eigenvalue weighted by molar-refractivity contribution is 9.09. The fourth-order valence-electron chi connectivity index (χ4n) is 2.16. The van der Waals surface area contributed by atoms with Crippen molar-refractivity contribution in [1.29, 1.82) is 5.26 Å². The highest BCUT2D eigenvalue weighted by Gasteiger charge is 2.16. The van der Waals surface area contributed by atoms with Crippen LogP contribution in [0.1, 0.15) is 25.7 Å². The normalized spacial score (nSPS) is 15.8. The van der Waals surface area contributed by atoms with E-state index in [9.17, 15) is 4.79 Å². The van der Waals surface area contributed by atoms with Gasteiger partial charge in [-0.2, -0.15) is 5.26 Å². The summed E-state index contributed by atoms with van der Waals surface area (Å²) in [6.45, 7) is 5.56. The minimum atomic E-state index is 0.175. The Kier molecular flexibility index (Phi) is 9.63. The molecule has 114 valence electrons. The summed E-state index contributed by atoms with van der Waals surface area (Å²) in [4.78, 5) is 16.3. The van der Waals surface area contributed by atoms with Crippen molar-refractivity contribution in [3.63, 3.8) is 0 Å². The number of carbonyl (C=O) groups excluding carboxylic acids is 1. The Morgan fingerprint density at radius 2 is 2.05 bits per heavy atom. The van der Waals surface area contributed by atoms with Crippen LogP contribution in [0.15, 0.2) is 0 Å². The number of unbranched alkanes of at least 4 members (excludes halogenated alkanes) is 1. The maximum absolute atomic E-state index is 12.2. The molecule has 0 bridgehead atoms. The Labute approximate surface area is 130 Å². The topological polar surface area (TPSA) is 56.6 Å². The quantitative estimate of drug-likeness (QED) is 0.470. The van der Waals surface area contributed by atoms with Crippen LogP contribution in [0.25, 0.3) is 0 Å². The van der Waals surface area contributed by atoms with E-state index in [1.807, 2.05) is 4.90 Å². The number of ether oxygens (including phenoxy) is 1. The lowest BCUT2D eigenvalue weighted by Gasteiger charge is -2.30. The fraction of sp³-hybridized carbons (Fsp3) is 0.857. The molecule has 1 amide bonds. The van der Waals surface area contributed by atoms with Crippen LogP contribution in [0.3, 0.4) is 0 Å². The van der Waals surface area contributed by atoms with Crippen LogP contribution < -0.4 is 0 Å². The molecule has 5 nitrogen and oxygen atoms in total. The Morgan fingerprint density at radius 1 is 1.30 bits per heavy atom. The summed E-state index contributed by atoms with van der Waals surface area (Å²) in [5.74, 6) is 0.175. The van der Waals surface area contributed by atoms with E-state index in [0.717, 1.165) is 57.6 Å². The third-order valence-electron chi connectivity index (χ3n) is 3.41.